The fourth-order valence-corrected chi connectivity index (χ4v) is 3.74. The molecule has 0 aliphatic carbocycles. The highest BCUT2D eigenvalue weighted by Gasteiger charge is 2.23. The molecule has 0 radical (unpaired) electrons. The summed E-state index contributed by atoms with van der Waals surface area (Å²) in [5.41, 5.74) is 2.01. The average molecular weight is 427 g/mol. The maximum absolute atomic E-state index is 12.7. The summed E-state index contributed by atoms with van der Waals surface area (Å²) in [6.07, 6.45) is 3.82. The molecule has 0 saturated carbocycles. The van der Waals surface area contributed by atoms with Gasteiger partial charge in [-0.3, -0.25) is 9.59 Å². The van der Waals surface area contributed by atoms with Crippen molar-refractivity contribution in [1.29, 1.82) is 5.26 Å². The Morgan fingerprint density at radius 3 is 2.93 bits per heavy atom. The Hall–Kier alpha value is -3.09. The van der Waals surface area contributed by atoms with E-state index >= 15 is 0 Å². The molecule has 1 unspecified atom stereocenters. The summed E-state index contributed by atoms with van der Waals surface area (Å²) in [7, 11) is 0. The van der Waals surface area contributed by atoms with Crippen molar-refractivity contribution in [2.24, 2.45) is 0 Å². The van der Waals surface area contributed by atoms with Gasteiger partial charge >= 0.3 is 0 Å². The normalized spacial score (nSPS) is 11.4. The van der Waals surface area contributed by atoms with E-state index in [1.807, 2.05) is 17.7 Å². The molecule has 2 amide bonds. The Balaban J connectivity index is 1.69. The van der Waals surface area contributed by atoms with Crippen molar-refractivity contribution in [3.63, 3.8) is 0 Å². The molecule has 0 bridgehead atoms. The van der Waals surface area contributed by atoms with E-state index in [1.54, 1.807) is 42.1 Å². The molecule has 7 nitrogen and oxygen atoms in total. The molecule has 148 valence electrons. The van der Waals surface area contributed by atoms with Crippen LogP contribution in [0.15, 0.2) is 52.5 Å². The fraction of sp³-hybridized carbons (Fsp3) is 0.200. The molecule has 0 saturated heterocycles. The molecule has 0 fully saturated rings. The Labute approximate surface area is 176 Å². The highest BCUT2D eigenvalue weighted by molar-refractivity contribution is 7.98. The number of rotatable bonds is 8. The predicted octanol–water partition coefficient (Wildman–Crippen LogP) is 3.76. The van der Waals surface area contributed by atoms with Crippen LogP contribution in [0.5, 0.6) is 0 Å². The Kier molecular flexibility index (Phi) is 7.05. The van der Waals surface area contributed by atoms with E-state index in [0.717, 1.165) is 5.56 Å². The first kappa shape index (κ1) is 20.6. The highest BCUT2D eigenvalue weighted by Crippen LogP contribution is 2.25. The number of hydrogen-bond donors (Lipinski definition) is 2. The van der Waals surface area contributed by atoms with E-state index in [4.69, 9.17) is 9.68 Å². The molecule has 0 spiro atoms. The lowest BCUT2D eigenvalue weighted by molar-refractivity contribution is -0.118. The minimum Gasteiger partial charge on any atom is -0.459 e. The van der Waals surface area contributed by atoms with E-state index in [2.05, 4.69) is 21.7 Å². The molecule has 0 aliphatic heterocycles. The largest absolute Gasteiger partial charge is 0.459 e. The molecule has 0 aliphatic rings. The van der Waals surface area contributed by atoms with Gasteiger partial charge in [-0.15, -0.1) is 11.3 Å². The fourth-order valence-electron chi connectivity index (χ4n) is 2.55. The number of benzene rings is 1. The molecular formula is C20H18N4O3S2. The number of carbonyl (C=O) groups excluding carboxylic acids is 2. The molecule has 2 heterocycles. The summed E-state index contributed by atoms with van der Waals surface area (Å²) in [6, 6.07) is 11.6. The van der Waals surface area contributed by atoms with Crippen LogP contribution in [0.1, 0.15) is 22.5 Å². The Morgan fingerprint density at radius 1 is 1.34 bits per heavy atom. The van der Waals surface area contributed by atoms with Crippen LogP contribution in [0.4, 0.5) is 5.13 Å². The number of carbonyl (C=O) groups is 2. The van der Waals surface area contributed by atoms with Crippen molar-refractivity contribution in [1.82, 2.24) is 10.3 Å². The third-order valence-corrected chi connectivity index (χ3v) is 5.40. The van der Waals surface area contributed by atoms with E-state index in [0.29, 0.717) is 28.6 Å². The van der Waals surface area contributed by atoms with Crippen LogP contribution in [0.3, 0.4) is 0 Å². The zero-order valence-electron chi connectivity index (χ0n) is 15.5. The SMILES string of the molecule is CSCCC(NC(=O)c1ccco1)C(=O)Nc1nc(-c2cccc(C#N)c2)cs1. The van der Waals surface area contributed by atoms with Crippen molar-refractivity contribution in [2.45, 2.75) is 12.5 Å². The van der Waals surface area contributed by atoms with E-state index < -0.39 is 11.9 Å². The van der Waals surface area contributed by atoms with Gasteiger partial charge in [0.1, 0.15) is 6.04 Å². The summed E-state index contributed by atoms with van der Waals surface area (Å²) in [5, 5.41) is 16.8. The van der Waals surface area contributed by atoms with Crippen molar-refractivity contribution in [2.75, 3.05) is 17.3 Å². The minimum absolute atomic E-state index is 0.154. The lowest BCUT2D eigenvalue weighted by atomic mass is 10.1. The number of thioether (sulfide) groups is 1. The monoisotopic (exact) mass is 426 g/mol. The number of nitrogens with zero attached hydrogens (tertiary/aromatic N) is 2. The molecule has 29 heavy (non-hydrogen) atoms. The molecular weight excluding hydrogens is 408 g/mol. The maximum atomic E-state index is 12.7. The van der Waals surface area contributed by atoms with Gasteiger partial charge in [-0.25, -0.2) is 4.98 Å². The Morgan fingerprint density at radius 2 is 2.21 bits per heavy atom. The molecule has 2 aromatic heterocycles. The number of furan rings is 1. The van der Waals surface area contributed by atoms with Crippen LogP contribution < -0.4 is 10.6 Å². The first-order valence-corrected chi connectivity index (χ1v) is 11.0. The topological polar surface area (TPSA) is 108 Å². The zero-order chi connectivity index (χ0) is 20.6. The first-order chi connectivity index (χ1) is 14.1. The van der Waals surface area contributed by atoms with Crippen LogP contribution in [0.25, 0.3) is 11.3 Å². The minimum atomic E-state index is -0.714. The van der Waals surface area contributed by atoms with Gasteiger partial charge in [-0.2, -0.15) is 17.0 Å². The number of aromatic nitrogens is 1. The maximum Gasteiger partial charge on any atom is 0.287 e. The van der Waals surface area contributed by atoms with Crippen LogP contribution in [-0.2, 0) is 4.79 Å². The molecule has 1 aromatic carbocycles. The van der Waals surface area contributed by atoms with Crippen molar-refractivity contribution >= 4 is 40.0 Å². The number of anilines is 1. The smallest absolute Gasteiger partial charge is 0.287 e. The molecule has 1 atom stereocenters. The summed E-state index contributed by atoms with van der Waals surface area (Å²) in [6.45, 7) is 0. The van der Waals surface area contributed by atoms with Crippen molar-refractivity contribution in [3.8, 4) is 17.3 Å². The van der Waals surface area contributed by atoms with Gasteiger partial charge < -0.3 is 15.1 Å². The second-order valence-corrected chi connectivity index (χ2v) is 7.85. The first-order valence-electron chi connectivity index (χ1n) is 8.71. The standard InChI is InChI=1S/C20H18N4O3S2/c1-28-9-7-15(22-19(26)17-6-3-8-27-17)18(25)24-20-23-16(12-29-20)14-5-2-4-13(10-14)11-21/h2-6,8,10,12,15H,7,9H2,1H3,(H,22,26)(H,23,24,25). The zero-order valence-corrected chi connectivity index (χ0v) is 17.2. The number of hydrogen-bond acceptors (Lipinski definition) is 7. The number of amides is 2. The van der Waals surface area contributed by atoms with E-state index in [-0.39, 0.29) is 11.7 Å². The van der Waals surface area contributed by atoms with E-state index in [9.17, 15) is 9.59 Å². The van der Waals surface area contributed by atoms with Gasteiger partial charge in [0.25, 0.3) is 5.91 Å². The highest BCUT2D eigenvalue weighted by atomic mass is 32.2. The van der Waals surface area contributed by atoms with Crippen LogP contribution in [-0.4, -0.2) is 34.8 Å². The lowest BCUT2D eigenvalue weighted by Crippen LogP contribution is -2.44. The Bertz CT molecular complexity index is 1020. The van der Waals surface area contributed by atoms with Gasteiger partial charge in [-0.05, 0) is 42.7 Å². The summed E-state index contributed by atoms with van der Waals surface area (Å²) in [4.78, 5) is 29.4. The molecule has 3 rings (SSSR count). The summed E-state index contributed by atoms with van der Waals surface area (Å²) in [5.74, 6) is 0.0801. The second-order valence-electron chi connectivity index (χ2n) is 6.00. The predicted molar refractivity (Wildman–Crippen MR) is 114 cm³/mol. The molecule has 2 N–H and O–H groups in total. The van der Waals surface area contributed by atoms with Gasteiger partial charge in [-0.1, -0.05) is 12.1 Å². The van der Waals surface area contributed by atoms with Crippen LogP contribution in [0, 0.1) is 11.3 Å². The van der Waals surface area contributed by atoms with Crippen molar-refractivity contribution < 1.29 is 14.0 Å². The van der Waals surface area contributed by atoms with Gasteiger partial charge in [0.2, 0.25) is 5.91 Å². The van der Waals surface area contributed by atoms with Gasteiger partial charge in [0.05, 0.1) is 23.6 Å². The summed E-state index contributed by atoms with van der Waals surface area (Å²) >= 11 is 2.87. The number of nitriles is 1. The third kappa shape index (κ3) is 5.47. The molecule has 9 heteroatoms. The number of nitrogens with one attached hydrogen (secondary N) is 2. The summed E-state index contributed by atoms with van der Waals surface area (Å²) < 4.78 is 5.09. The van der Waals surface area contributed by atoms with Gasteiger partial charge in [0.15, 0.2) is 10.9 Å². The van der Waals surface area contributed by atoms with Crippen LogP contribution in [0.2, 0.25) is 0 Å². The second kappa shape index (κ2) is 9.91. The lowest BCUT2D eigenvalue weighted by Gasteiger charge is -2.16. The third-order valence-electron chi connectivity index (χ3n) is 4.00. The van der Waals surface area contributed by atoms with Crippen LogP contribution >= 0.6 is 23.1 Å². The molecule has 3 aromatic rings. The average Bonchev–Trinajstić information content (AvgIpc) is 3.43. The number of thiazole rings is 1. The quantitative estimate of drug-likeness (QED) is 0.568. The van der Waals surface area contributed by atoms with Crippen molar-refractivity contribution in [3.05, 3.63) is 59.4 Å². The van der Waals surface area contributed by atoms with Gasteiger partial charge in [0, 0.05) is 10.9 Å². The van der Waals surface area contributed by atoms with E-state index in [1.165, 1.54) is 17.6 Å².